The van der Waals surface area contributed by atoms with Gasteiger partial charge in [-0.2, -0.15) is 0 Å². The molecule has 4 rings (SSSR count). The molecule has 1 aliphatic rings. The van der Waals surface area contributed by atoms with Crippen molar-refractivity contribution in [3.05, 3.63) is 64.8 Å². The molecule has 1 aliphatic heterocycles. The normalized spacial score (nSPS) is 14.1. The Bertz CT molecular complexity index is 990. The Morgan fingerprint density at radius 3 is 2.73 bits per heavy atom. The van der Waals surface area contributed by atoms with Crippen LogP contribution in [-0.2, 0) is 0 Å². The predicted octanol–water partition coefficient (Wildman–Crippen LogP) is 4.15. The molecule has 0 fully saturated rings. The molecule has 6 heteroatoms. The fraction of sp³-hybridized carbons (Fsp3) is 0.200. The van der Waals surface area contributed by atoms with Crippen molar-refractivity contribution in [2.75, 3.05) is 13.2 Å². The van der Waals surface area contributed by atoms with Gasteiger partial charge in [0.2, 0.25) is 0 Å². The second kappa shape index (κ2) is 6.84. The number of nitrogens with zero attached hydrogens (tertiary/aromatic N) is 1. The van der Waals surface area contributed by atoms with Gasteiger partial charge in [-0.05, 0) is 55.0 Å². The van der Waals surface area contributed by atoms with Crippen molar-refractivity contribution in [3.8, 4) is 11.5 Å². The molecular weight excluding hydrogens is 352 g/mol. The van der Waals surface area contributed by atoms with Crippen LogP contribution in [0.15, 0.2) is 48.5 Å². The second-order valence-corrected chi connectivity index (χ2v) is 6.53. The summed E-state index contributed by atoms with van der Waals surface area (Å²) in [6, 6.07) is 14.5. The monoisotopic (exact) mass is 368 g/mol. The van der Waals surface area contributed by atoms with Gasteiger partial charge >= 0.3 is 0 Å². The predicted molar refractivity (Wildman–Crippen MR) is 100 cm³/mol. The van der Waals surface area contributed by atoms with Crippen molar-refractivity contribution >= 4 is 28.4 Å². The molecule has 0 radical (unpaired) electrons. The number of carbonyl (C=O) groups is 1. The molecule has 0 saturated carbocycles. The molecule has 26 heavy (non-hydrogen) atoms. The zero-order chi connectivity index (χ0) is 18.1. The van der Waals surface area contributed by atoms with E-state index in [1.807, 2.05) is 37.3 Å². The quantitative estimate of drug-likeness (QED) is 0.705. The largest absolute Gasteiger partial charge is 0.486 e. The van der Waals surface area contributed by atoms with Gasteiger partial charge in [0.25, 0.3) is 5.91 Å². The molecule has 0 spiro atoms. The maximum atomic E-state index is 12.6. The van der Waals surface area contributed by atoms with Gasteiger partial charge in [-0.1, -0.05) is 17.7 Å². The molecule has 1 aromatic heterocycles. The Morgan fingerprint density at radius 2 is 1.88 bits per heavy atom. The van der Waals surface area contributed by atoms with Gasteiger partial charge < -0.3 is 14.8 Å². The topological polar surface area (TPSA) is 60.5 Å². The molecule has 3 aromatic rings. The van der Waals surface area contributed by atoms with Gasteiger partial charge in [-0.15, -0.1) is 0 Å². The Hall–Kier alpha value is -2.79. The van der Waals surface area contributed by atoms with Crippen LogP contribution >= 0.6 is 11.6 Å². The lowest BCUT2D eigenvalue weighted by atomic mass is 10.1. The van der Waals surface area contributed by atoms with Crippen LogP contribution in [0.5, 0.6) is 11.5 Å². The summed E-state index contributed by atoms with van der Waals surface area (Å²) in [6.45, 7) is 3.03. The number of aromatic nitrogens is 1. The van der Waals surface area contributed by atoms with Crippen LogP contribution in [-0.4, -0.2) is 24.1 Å². The van der Waals surface area contributed by atoms with E-state index in [2.05, 4.69) is 10.3 Å². The van der Waals surface area contributed by atoms with Gasteiger partial charge in [-0.3, -0.25) is 4.79 Å². The van der Waals surface area contributed by atoms with Crippen molar-refractivity contribution in [2.24, 2.45) is 0 Å². The first-order valence-electron chi connectivity index (χ1n) is 8.37. The number of hydrogen-bond donors (Lipinski definition) is 1. The van der Waals surface area contributed by atoms with Crippen molar-refractivity contribution in [1.29, 1.82) is 0 Å². The zero-order valence-electron chi connectivity index (χ0n) is 14.2. The van der Waals surface area contributed by atoms with Crippen LogP contribution < -0.4 is 14.8 Å². The van der Waals surface area contributed by atoms with Crippen molar-refractivity contribution < 1.29 is 14.3 Å². The van der Waals surface area contributed by atoms with Crippen LogP contribution in [0.2, 0.25) is 5.15 Å². The summed E-state index contributed by atoms with van der Waals surface area (Å²) >= 11 is 5.90. The van der Waals surface area contributed by atoms with Gasteiger partial charge in [0.15, 0.2) is 11.5 Å². The Morgan fingerprint density at radius 1 is 1.08 bits per heavy atom. The molecule has 1 amide bonds. The van der Waals surface area contributed by atoms with Gasteiger partial charge in [0.05, 0.1) is 11.6 Å². The van der Waals surface area contributed by atoms with Gasteiger partial charge in [-0.25, -0.2) is 4.98 Å². The first kappa shape index (κ1) is 16.7. The number of nitrogens with one attached hydrogen (secondary N) is 1. The van der Waals surface area contributed by atoms with Gasteiger partial charge in [0, 0.05) is 10.9 Å². The minimum Gasteiger partial charge on any atom is -0.486 e. The minimum atomic E-state index is -0.169. The molecule has 0 saturated heterocycles. The molecule has 1 atom stereocenters. The number of carbonyl (C=O) groups excluding carboxylic acids is 1. The molecular formula is C20H17ClN2O3. The third-order valence-corrected chi connectivity index (χ3v) is 4.54. The van der Waals surface area contributed by atoms with Crippen molar-refractivity contribution in [1.82, 2.24) is 10.3 Å². The molecule has 132 valence electrons. The summed E-state index contributed by atoms with van der Waals surface area (Å²) < 4.78 is 11.1. The number of ether oxygens (including phenoxy) is 2. The van der Waals surface area contributed by atoms with E-state index in [-0.39, 0.29) is 11.9 Å². The molecule has 2 aromatic carbocycles. The van der Waals surface area contributed by atoms with Crippen molar-refractivity contribution in [3.63, 3.8) is 0 Å². The van der Waals surface area contributed by atoms with E-state index in [1.165, 1.54) is 0 Å². The van der Waals surface area contributed by atoms with Crippen molar-refractivity contribution in [2.45, 2.75) is 13.0 Å². The lowest BCUT2D eigenvalue weighted by Crippen LogP contribution is -2.26. The molecule has 1 unspecified atom stereocenters. The first-order chi connectivity index (χ1) is 12.6. The molecule has 2 heterocycles. The van der Waals surface area contributed by atoms with E-state index in [0.717, 1.165) is 22.2 Å². The SMILES string of the molecule is CC(NC(=O)c1ccc2nc(Cl)ccc2c1)c1ccc2c(c1)OCCO2. The summed E-state index contributed by atoms with van der Waals surface area (Å²) in [7, 11) is 0. The Labute approximate surface area is 155 Å². The van der Waals surface area contributed by atoms with Crippen LogP contribution in [0.3, 0.4) is 0 Å². The lowest BCUT2D eigenvalue weighted by Gasteiger charge is -2.21. The van der Waals surface area contributed by atoms with Crippen LogP contribution in [0.4, 0.5) is 0 Å². The van der Waals surface area contributed by atoms with E-state index in [0.29, 0.717) is 29.7 Å². The summed E-state index contributed by atoms with van der Waals surface area (Å²) in [5.41, 5.74) is 2.29. The van der Waals surface area contributed by atoms with E-state index in [9.17, 15) is 4.79 Å². The van der Waals surface area contributed by atoms with Crippen LogP contribution in [0.1, 0.15) is 28.9 Å². The summed E-state index contributed by atoms with van der Waals surface area (Å²) in [5.74, 6) is 1.30. The average Bonchev–Trinajstić information content (AvgIpc) is 2.67. The van der Waals surface area contributed by atoms with E-state index in [1.54, 1.807) is 18.2 Å². The number of rotatable bonds is 3. The second-order valence-electron chi connectivity index (χ2n) is 6.14. The highest BCUT2D eigenvalue weighted by Gasteiger charge is 2.16. The smallest absolute Gasteiger partial charge is 0.251 e. The molecule has 0 bridgehead atoms. The lowest BCUT2D eigenvalue weighted by molar-refractivity contribution is 0.0940. The van der Waals surface area contributed by atoms with E-state index >= 15 is 0 Å². The third-order valence-electron chi connectivity index (χ3n) is 4.33. The number of halogens is 1. The van der Waals surface area contributed by atoms with E-state index < -0.39 is 0 Å². The fourth-order valence-corrected chi connectivity index (χ4v) is 3.09. The number of hydrogen-bond acceptors (Lipinski definition) is 4. The highest BCUT2D eigenvalue weighted by atomic mass is 35.5. The van der Waals surface area contributed by atoms with E-state index in [4.69, 9.17) is 21.1 Å². The summed E-state index contributed by atoms with van der Waals surface area (Å²) in [6.07, 6.45) is 0. The van der Waals surface area contributed by atoms with Crippen LogP contribution in [0.25, 0.3) is 10.9 Å². The number of fused-ring (bicyclic) bond motifs is 2. The average molecular weight is 369 g/mol. The minimum absolute atomic E-state index is 0.149. The molecule has 5 nitrogen and oxygen atoms in total. The maximum absolute atomic E-state index is 12.6. The zero-order valence-corrected chi connectivity index (χ0v) is 14.9. The maximum Gasteiger partial charge on any atom is 0.251 e. The Kier molecular flexibility index (Phi) is 4.39. The molecule has 1 N–H and O–H groups in total. The summed E-state index contributed by atoms with van der Waals surface area (Å²) in [5, 5.41) is 4.32. The third kappa shape index (κ3) is 3.30. The number of benzene rings is 2. The van der Waals surface area contributed by atoms with Crippen LogP contribution in [0, 0.1) is 0 Å². The fourth-order valence-electron chi connectivity index (χ4n) is 2.93. The number of amides is 1. The number of pyridine rings is 1. The molecule has 0 aliphatic carbocycles. The highest BCUT2D eigenvalue weighted by molar-refractivity contribution is 6.29. The first-order valence-corrected chi connectivity index (χ1v) is 8.75. The summed E-state index contributed by atoms with van der Waals surface area (Å²) in [4.78, 5) is 16.8. The van der Waals surface area contributed by atoms with Gasteiger partial charge in [0.1, 0.15) is 18.4 Å². The Balaban J connectivity index is 1.53. The highest BCUT2D eigenvalue weighted by Crippen LogP contribution is 2.32. The standard InChI is InChI=1S/C20H17ClN2O3/c1-12(13-3-6-17-18(11-13)26-9-8-25-17)22-20(24)15-2-5-16-14(10-15)4-7-19(21)23-16/h2-7,10-12H,8-9H2,1H3,(H,22,24).